The van der Waals surface area contributed by atoms with Gasteiger partial charge in [-0.1, -0.05) is 6.07 Å². The smallest absolute Gasteiger partial charge is 0.221 e. The highest BCUT2D eigenvalue weighted by Crippen LogP contribution is 2.21. The van der Waals surface area contributed by atoms with Crippen molar-refractivity contribution in [1.82, 2.24) is 0 Å². The van der Waals surface area contributed by atoms with Gasteiger partial charge in [-0.05, 0) is 18.2 Å². The van der Waals surface area contributed by atoms with Crippen molar-refractivity contribution < 1.29 is 9.53 Å². The molecule has 0 radical (unpaired) electrons. The first-order chi connectivity index (χ1) is 8.16. The monoisotopic (exact) mass is 235 g/mol. The van der Waals surface area contributed by atoms with Crippen LogP contribution in [0.1, 0.15) is 6.92 Å². The van der Waals surface area contributed by atoms with Crippen LogP contribution in [0.5, 0.6) is 0 Å². The molecule has 0 saturated carbocycles. The predicted molar refractivity (Wildman–Crippen MR) is 66.9 cm³/mol. The average molecular weight is 235 g/mol. The molecule has 5 heteroatoms. The highest BCUT2D eigenvalue weighted by Gasteiger charge is 2.19. The molecule has 1 unspecified atom stereocenters. The predicted octanol–water partition coefficient (Wildman–Crippen LogP) is 0.766. The van der Waals surface area contributed by atoms with Crippen LogP contribution in [0.15, 0.2) is 24.3 Å². The summed E-state index contributed by atoms with van der Waals surface area (Å²) in [7, 11) is 0. The minimum absolute atomic E-state index is 0.0755. The van der Waals surface area contributed by atoms with Crippen LogP contribution in [0.25, 0.3) is 0 Å². The van der Waals surface area contributed by atoms with Gasteiger partial charge in [0.2, 0.25) is 5.91 Å². The van der Waals surface area contributed by atoms with Crippen molar-refractivity contribution in [2.24, 2.45) is 5.73 Å². The minimum atomic E-state index is -0.128. The summed E-state index contributed by atoms with van der Waals surface area (Å²) in [6.07, 6.45) is -0.128. The van der Waals surface area contributed by atoms with Gasteiger partial charge in [0.15, 0.2) is 0 Å². The van der Waals surface area contributed by atoms with Crippen LogP contribution in [0.4, 0.5) is 11.4 Å². The fourth-order valence-corrected chi connectivity index (χ4v) is 1.91. The number of carbonyl (C=O) groups is 1. The van der Waals surface area contributed by atoms with Gasteiger partial charge >= 0.3 is 0 Å². The molecule has 17 heavy (non-hydrogen) atoms. The third kappa shape index (κ3) is 2.95. The van der Waals surface area contributed by atoms with E-state index >= 15 is 0 Å². The van der Waals surface area contributed by atoms with Gasteiger partial charge < -0.3 is 20.7 Å². The van der Waals surface area contributed by atoms with Gasteiger partial charge in [0.05, 0.1) is 13.2 Å². The molecule has 1 aliphatic rings. The molecule has 2 rings (SSSR count). The molecule has 3 N–H and O–H groups in total. The van der Waals surface area contributed by atoms with E-state index in [1.54, 1.807) is 0 Å². The Kier molecular flexibility index (Phi) is 3.61. The maximum Gasteiger partial charge on any atom is 0.221 e. The van der Waals surface area contributed by atoms with E-state index in [2.05, 4.69) is 10.2 Å². The summed E-state index contributed by atoms with van der Waals surface area (Å²) < 4.78 is 5.29. The van der Waals surface area contributed by atoms with E-state index in [0.29, 0.717) is 13.2 Å². The lowest BCUT2D eigenvalue weighted by atomic mass is 10.2. The molecular formula is C12H17N3O2. The molecular weight excluding hydrogens is 218 g/mol. The number of benzene rings is 1. The summed E-state index contributed by atoms with van der Waals surface area (Å²) in [6, 6.07) is 7.67. The van der Waals surface area contributed by atoms with E-state index in [4.69, 9.17) is 10.5 Å². The number of rotatable bonds is 2. The summed E-state index contributed by atoms with van der Waals surface area (Å²) in [5.74, 6) is -0.0755. The van der Waals surface area contributed by atoms with Crippen molar-refractivity contribution in [1.29, 1.82) is 0 Å². The number of amides is 1. The second-order valence-electron chi connectivity index (χ2n) is 4.07. The molecule has 5 nitrogen and oxygen atoms in total. The number of ether oxygens (including phenoxy) is 1. The number of hydrogen-bond acceptors (Lipinski definition) is 4. The Morgan fingerprint density at radius 1 is 1.59 bits per heavy atom. The van der Waals surface area contributed by atoms with Crippen LogP contribution in [0.3, 0.4) is 0 Å². The first-order valence-electron chi connectivity index (χ1n) is 5.64. The third-order valence-corrected chi connectivity index (χ3v) is 2.66. The van der Waals surface area contributed by atoms with Gasteiger partial charge in [-0.3, -0.25) is 4.79 Å². The number of nitrogens with one attached hydrogen (secondary N) is 1. The fourth-order valence-electron chi connectivity index (χ4n) is 1.91. The van der Waals surface area contributed by atoms with Gasteiger partial charge in [0.1, 0.15) is 6.17 Å². The van der Waals surface area contributed by atoms with Crippen LogP contribution < -0.4 is 16.0 Å². The fraction of sp³-hybridized carbons (Fsp3) is 0.417. The van der Waals surface area contributed by atoms with Crippen molar-refractivity contribution in [2.75, 3.05) is 30.0 Å². The highest BCUT2D eigenvalue weighted by atomic mass is 16.5. The average Bonchev–Trinajstić information content (AvgIpc) is 2.29. The summed E-state index contributed by atoms with van der Waals surface area (Å²) >= 11 is 0. The Hall–Kier alpha value is -1.59. The zero-order chi connectivity index (χ0) is 12.3. The van der Waals surface area contributed by atoms with E-state index in [9.17, 15) is 4.79 Å². The SMILES string of the molecule is CC(=O)Nc1cccc(N2CCOCC2N)c1. The molecule has 0 aromatic heterocycles. The van der Waals surface area contributed by atoms with E-state index < -0.39 is 0 Å². The summed E-state index contributed by atoms with van der Waals surface area (Å²) in [5.41, 5.74) is 7.77. The second-order valence-corrected chi connectivity index (χ2v) is 4.07. The Labute approximate surface area is 101 Å². The first-order valence-corrected chi connectivity index (χ1v) is 5.64. The number of hydrogen-bond donors (Lipinski definition) is 2. The molecule has 0 aliphatic carbocycles. The van der Waals surface area contributed by atoms with Crippen molar-refractivity contribution in [3.8, 4) is 0 Å². The van der Waals surface area contributed by atoms with Crippen molar-refractivity contribution in [3.63, 3.8) is 0 Å². The maximum absolute atomic E-state index is 11.0. The quantitative estimate of drug-likeness (QED) is 0.794. The zero-order valence-electron chi connectivity index (χ0n) is 9.85. The number of nitrogens with two attached hydrogens (primary N) is 1. The normalized spacial score (nSPS) is 20.1. The number of carbonyl (C=O) groups excluding carboxylic acids is 1. The van der Waals surface area contributed by atoms with Gasteiger partial charge in [0.25, 0.3) is 0 Å². The minimum Gasteiger partial charge on any atom is -0.376 e. The number of nitrogens with zero attached hydrogens (tertiary/aromatic N) is 1. The van der Waals surface area contributed by atoms with E-state index in [-0.39, 0.29) is 12.1 Å². The molecule has 1 aromatic rings. The molecule has 1 amide bonds. The van der Waals surface area contributed by atoms with Crippen LogP contribution in [-0.4, -0.2) is 31.8 Å². The molecule has 1 saturated heterocycles. The molecule has 1 atom stereocenters. The van der Waals surface area contributed by atoms with Gasteiger partial charge in [-0.2, -0.15) is 0 Å². The van der Waals surface area contributed by atoms with E-state index in [1.165, 1.54) is 6.92 Å². The maximum atomic E-state index is 11.0. The molecule has 0 spiro atoms. The Morgan fingerprint density at radius 2 is 2.41 bits per heavy atom. The number of morpholine rings is 1. The topological polar surface area (TPSA) is 67.6 Å². The lowest BCUT2D eigenvalue weighted by molar-refractivity contribution is -0.114. The lowest BCUT2D eigenvalue weighted by Gasteiger charge is -2.35. The highest BCUT2D eigenvalue weighted by molar-refractivity contribution is 5.89. The largest absolute Gasteiger partial charge is 0.376 e. The van der Waals surface area contributed by atoms with E-state index in [0.717, 1.165) is 17.9 Å². The summed E-state index contributed by atoms with van der Waals surface area (Å²) in [5, 5.41) is 2.76. The molecule has 1 fully saturated rings. The Bertz CT molecular complexity index is 408. The first kappa shape index (κ1) is 11.9. The van der Waals surface area contributed by atoms with Gasteiger partial charge in [0, 0.05) is 24.8 Å². The molecule has 1 heterocycles. The Balaban J connectivity index is 2.17. The molecule has 0 bridgehead atoms. The van der Waals surface area contributed by atoms with Crippen molar-refractivity contribution >= 4 is 17.3 Å². The molecule has 1 aliphatic heterocycles. The third-order valence-electron chi connectivity index (χ3n) is 2.66. The molecule has 92 valence electrons. The summed E-state index contributed by atoms with van der Waals surface area (Å²) in [6.45, 7) is 3.47. The van der Waals surface area contributed by atoms with Gasteiger partial charge in [-0.15, -0.1) is 0 Å². The van der Waals surface area contributed by atoms with Crippen molar-refractivity contribution in [3.05, 3.63) is 24.3 Å². The van der Waals surface area contributed by atoms with E-state index in [1.807, 2.05) is 24.3 Å². The zero-order valence-corrected chi connectivity index (χ0v) is 9.85. The standard InChI is InChI=1S/C12H17N3O2/c1-9(16)14-10-3-2-4-11(7-10)15-5-6-17-8-12(15)13/h2-4,7,12H,5-6,8,13H2,1H3,(H,14,16). The van der Waals surface area contributed by atoms with Crippen LogP contribution in [0, 0.1) is 0 Å². The Morgan fingerprint density at radius 3 is 3.12 bits per heavy atom. The lowest BCUT2D eigenvalue weighted by Crippen LogP contribution is -2.51. The van der Waals surface area contributed by atoms with Crippen LogP contribution in [0.2, 0.25) is 0 Å². The van der Waals surface area contributed by atoms with Gasteiger partial charge in [-0.25, -0.2) is 0 Å². The van der Waals surface area contributed by atoms with Crippen LogP contribution >= 0.6 is 0 Å². The van der Waals surface area contributed by atoms with Crippen LogP contribution in [-0.2, 0) is 9.53 Å². The summed E-state index contributed by atoms with van der Waals surface area (Å²) in [4.78, 5) is 13.1. The number of anilines is 2. The second kappa shape index (κ2) is 5.16. The van der Waals surface area contributed by atoms with Crippen molar-refractivity contribution in [2.45, 2.75) is 13.1 Å². The molecule has 1 aromatic carbocycles.